The monoisotopic (exact) mass is 335 g/mol. The van der Waals surface area contributed by atoms with Gasteiger partial charge in [0.15, 0.2) is 11.6 Å². The van der Waals surface area contributed by atoms with E-state index in [2.05, 4.69) is 15.9 Å². The van der Waals surface area contributed by atoms with Crippen LogP contribution in [0.2, 0.25) is 0 Å². The van der Waals surface area contributed by atoms with Crippen molar-refractivity contribution in [1.29, 1.82) is 5.26 Å². The van der Waals surface area contributed by atoms with Crippen molar-refractivity contribution < 1.29 is 13.9 Å². The Morgan fingerprint density at radius 3 is 2.65 bits per heavy atom. The average Bonchev–Trinajstić information content (AvgIpc) is 2.48. The molecular weight excluding hydrogens is 325 g/mol. The first-order chi connectivity index (χ1) is 9.67. The van der Waals surface area contributed by atoms with Gasteiger partial charge in [-0.15, -0.1) is 0 Å². The normalized spacial score (nSPS) is 9.90. The summed E-state index contributed by atoms with van der Waals surface area (Å²) in [5.74, 6) is 0.522. The lowest BCUT2D eigenvalue weighted by Gasteiger charge is -2.12. The zero-order chi connectivity index (χ0) is 14.5. The summed E-state index contributed by atoms with van der Waals surface area (Å²) in [5, 5.41) is 9.43. The molecule has 0 aliphatic rings. The number of ether oxygens (including phenoxy) is 2. The second kappa shape index (κ2) is 6.40. The minimum Gasteiger partial charge on any atom is -0.497 e. The van der Waals surface area contributed by atoms with Crippen molar-refractivity contribution in [3.05, 3.63) is 53.3 Å². The quantitative estimate of drug-likeness (QED) is 0.778. The van der Waals surface area contributed by atoms with Gasteiger partial charge in [0.05, 0.1) is 18.7 Å². The average molecular weight is 336 g/mol. The maximum absolute atomic E-state index is 13.8. The van der Waals surface area contributed by atoms with Gasteiger partial charge in [0.1, 0.15) is 11.5 Å². The van der Waals surface area contributed by atoms with Crippen LogP contribution in [0.3, 0.4) is 0 Å². The van der Waals surface area contributed by atoms with Crippen molar-refractivity contribution in [2.24, 2.45) is 0 Å². The fraction of sp³-hybridized carbons (Fsp3) is 0.133. The van der Waals surface area contributed by atoms with Crippen LogP contribution in [0.15, 0.2) is 36.4 Å². The maximum Gasteiger partial charge on any atom is 0.167 e. The molecule has 0 N–H and O–H groups in total. The highest BCUT2D eigenvalue weighted by molar-refractivity contribution is 9.08. The van der Waals surface area contributed by atoms with Crippen molar-refractivity contribution in [2.75, 3.05) is 7.11 Å². The van der Waals surface area contributed by atoms with Crippen LogP contribution in [-0.2, 0) is 5.33 Å². The molecule has 0 bridgehead atoms. The van der Waals surface area contributed by atoms with Gasteiger partial charge in [0.25, 0.3) is 0 Å². The van der Waals surface area contributed by atoms with Gasteiger partial charge in [0.2, 0.25) is 0 Å². The molecule has 0 fully saturated rings. The van der Waals surface area contributed by atoms with Crippen molar-refractivity contribution in [2.45, 2.75) is 5.33 Å². The smallest absolute Gasteiger partial charge is 0.167 e. The van der Waals surface area contributed by atoms with Crippen LogP contribution in [0, 0.1) is 17.1 Å². The second-order valence-corrected chi connectivity index (χ2v) is 4.53. The van der Waals surface area contributed by atoms with Crippen LogP contribution in [0.5, 0.6) is 17.2 Å². The molecular formula is C15H11BrFNO2. The largest absolute Gasteiger partial charge is 0.497 e. The molecule has 0 saturated carbocycles. The number of hydrogen-bond donors (Lipinski definition) is 0. The van der Waals surface area contributed by atoms with E-state index < -0.39 is 5.82 Å². The molecule has 2 aromatic rings. The van der Waals surface area contributed by atoms with E-state index in [4.69, 9.17) is 14.7 Å². The van der Waals surface area contributed by atoms with E-state index in [1.807, 2.05) is 6.07 Å². The molecule has 0 aliphatic carbocycles. The topological polar surface area (TPSA) is 42.2 Å². The van der Waals surface area contributed by atoms with Gasteiger partial charge in [-0.05, 0) is 18.2 Å². The zero-order valence-corrected chi connectivity index (χ0v) is 12.3. The standard InChI is InChI=1S/C15H11BrFNO2/c1-19-12-5-10(9-18)6-13(7-12)20-15-11(8-16)3-2-4-14(15)17/h2-7H,8H2,1H3. The molecule has 0 unspecified atom stereocenters. The lowest BCUT2D eigenvalue weighted by Crippen LogP contribution is -1.94. The Morgan fingerprint density at radius 1 is 1.25 bits per heavy atom. The van der Waals surface area contributed by atoms with Crippen LogP contribution in [0.1, 0.15) is 11.1 Å². The number of nitrogens with zero attached hydrogens (tertiary/aromatic N) is 1. The van der Waals surface area contributed by atoms with Gasteiger partial charge in [-0.25, -0.2) is 4.39 Å². The van der Waals surface area contributed by atoms with Crippen LogP contribution in [0.4, 0.5) is 4.39 Å². The third kappa shape index (κ3) is 3.09. The number of rotatable bonds is 4. The first-order valence-electron chi connectivity index (χ1n) is 5.78. The predicted molar refractivity (Wildman–Crippen MR) is 76.8 cm³/mol. The Labute approximate surface area is 124 Å². The fourth-order valence-corrected chi connectivity index (χ4v) is 2.15. The summed E-state index contributed by atoms with van der Waals surface area (Å²) < 4.78 is 24.5. The highest BCUT2D eigenvalue weighted by atomic mass is 79.9. The van der Waals surface area contributed by atoms with E-state index in [0.29, 0.717) is 28.0 Å². The minimum absolute atomic E-state index is 0.140. The first-order valence-corrected chi connectivity index (χ1v) is 6.90. The van der Waals surface area contributed by atoms with Crippen LogP contribution >= 0.6 is 15.9 Å². The molecule has 5 heteroatoms. The highest BCUT2D eigenvalue weighted by Crippen LogP contribution is 2.32. The van der Waals surface area contributed by atoms with E-state index >= 15 is 0 Å². The third-order valence-corrected chi connectivity index (χ3v) is 3.26. The minimum atomic E-state index is -0.455. The predicted octanol–water partition coefficient (Wildman–Crippen LogP) is 4.39. The number of para-hydroxylation sites is 1. The molecule has 0 radical (unpaired) electrons. The molecule has 0 spiro atoms. The number of nitriles is 1. The Bertz CT molecular complexity index is 667. The number of alkyl halides is 1. The van der Waals surface area contributed by atoms with Crippen LogP contribution < -0.4 is 9.47 Å². The van der Waals surface area contributed by atoms with E-state index in [9.17, 15) is 4.39 Å². The van der Waals surface area contributed by atoms with Gasteiger partial charge >= 0.3 is 0 Å². The van der Waals surface area contributed by atoms with Gasteiger partial charge in [-0.1, -0.05) is 28.1 Å². The molecule has 2 aromatic carbocycles. The van der Waals surface area contributed by atoms with E-state index in [0.717, 1.165) is 0 Å². The van der Waals surface area contributed by atoms with E-state index in [1.54, 1.807) is 24.3 Å². The fourth-order valence-electron chi connectivity index (χ4n) is 1.70. The molecule has 0 heterocycles. The Kier molecular flexibility index (Phi) is 4.59. The third-order valence-electron chi connectivity index (χ3n) is 2.66. The first kappa shape index (κ1) is 14.4. The number of hydrogen-bond acceptors (Lipinski definition) is 3. The molecule has 3 nitrogen and oxygen atoms in total. The number of methoxy groups -OCH3 is 1. The molecule has 0 atom stereocenters. The van der Waals surface area contributed by atoms with Crippen molar-refractivity contribution in [1.82, 2.24) is 0 Å². The van der Waals surface area contributed by atoms with Crippen molar-refractivity contribution >= 4 is 15.9 Å². The molecule has 0 saturated heterocycles. The summed E-state index contributed by atoms with van der Waals surface area (Å²) in [6.07, 6.45) is 0. The summed E-state index contributed by atoms with van der Waals surface area (Å²) in [5.41, 5.74) is 1.07. The summed E-state index contributed by atoms with van der Waals surface area (Å²) in [7, 11) is 1.49. The van der Waals surface area contributed by atoms with Crippen LogP contribution in [-0.4, -0.2) is 7.11 Å². The lowest BCUT2D eigenvalue weighted by atomic mass is 10.2. The summed E-state index contributed by atoms with van der Waals surface area (Å²) in [4.78, 5) is 0. The zero-order valence-electron chi connectivity index (χ0n) is 10.7. The van der Waals surface area contributed by atoms with Gasteiger partial charge in [-0.2, -0.15) is 5.26 Å². The lowest BCUT2D eigenvalue weighted by molar-refractivity contribution is 0.404. The van der Waals surface area contributed by atoms with Gasteiger partial charge < -0.3 is 9.47 Å². The number of halogens is 2. The SMILES string of the molecule is COc1cc(C#N)cc(Oc2c(F)cccc2CBr)c1. The molecule has 2 rings (SSSR count). The number of benzene rings is 2. The molecule has 0 amide bonds. The molecule has 20 heavy (non-hydrogen) atoms. The molecule has 0 aromatic heterocycles. The van der Waals surface area contributed by atoms with Gasteiger partial charge in [-0.3, -0.25) is 0 Å². The highest BCUT2D eigenvalue weighted by Gasteiger charge is 2.11. The van der Waals surface area contributed by atoms with Crippen LogP contribution in [0.25, 0.3) is 0 Å². The van der Waals surface area contributed by atoms with E-state index in [-0.39, 0.29) is 5.75 Å². The molecule has 0 aliphatic heterocycles. The van der Waals surface area contributed by atoms with E-state index in [1.165, 1.54) is 19.2 Å². The Balaban J connectivity index is 2.42. The summed E-state index contributed by atoms with van der Waals surface area (Å²) >= 11 is 3.29. The van der Waals surface area contributed by atoms with Crippen molar-refractivity contribution in [3.8, 4) is 23.3 Å². The Morgan fingerprint density at radius 2 is 2.00 bits per heavy atom. The summed E-state index contributed by atoms with van der Waals surface area (Å²) in [6.45, 7) is 0. The second-order valence-electron chi connectivity index (χ2n) is 3.97. The van der Waals surface area contributed by atoms with Gasteiger partial charge in [0, 0.05) is 17.0 Å². The Hall–Kier alpha value is -2.06. The summed E-state index contributed by atoms with van der Waals surface area (Å²) in [6, 6.07) is 11.4. The molecule has 102 valence electrons. The maximum atomic E-state index is 13.8. The van der Waals surface area contributed by atoms with Crippen molar-refractivity contribution in [3.63, 3.8) is 0 Å².